The van der Waals surface area contributed by atoms with Crippen molar-refractivity contribution in [3.63, 3.8) is 0 Å². The van der Waals surface area contributed by atoms with Gasteiger partial charge in [0, 0.05) is 10.9 Å². The van der Waals surface area contributed by atoms with Crippen LogP contribution in [0.3, 0.4) is 0 Å². The Morgan fingerprint density at radius 2 is 1.25 bits per heavy atom. The molecule has 2 heterocycles. The molecule has 0 N–H and O–H groups in total. The van der Waals surface area contributed by atoms with Gasteiger partial charge in [-0.15, -0.1) is 0 Å². The van der Waals surface area contributed by atoms with Gasteiger partial charge >= 0.3 is 0 Å². The fourth-order valence-corrected chi connectivity index (χ4v) is 4.15. The monoisotopic (exact) mass is 465 g/mol. The summed E-state index contributed by atoms with van der Waals surface area (Å²) in [7, 11) is 0. The van der Waals surface area contributed by atoms with Crippen molar-refractivity contribution in [2.45, 2.75) is 0 Å². The van der Waals surface area contributed by atoms with Gasteiger partial charge in [0.05, 0.1) is 17.6 Å². The molecule has 6 aromatic rings. The first-order valence-electron chi connectivity index (χ1n) is 11.8. The molecule has 4 aromatic carbocycles. The molecule has 0 fully saturated rings. The molecule has 0 saturated heterocycles. The van der Waals surface area contributed by atoms with Crippen LogP contribution in [-0.4, -0.2) is 21.0 Å². The molecule has 2 aromatic heterocycles. The molecule has 0 aliphatic heterocycles. The number of anilines is 2. The quantitative estimate of drug-likeness (QED) is 0.192. The Morgan fingerprint density at radius 1 is 0.639 bits per heavy atom. The number of pyridine rings is 1. The number of hydrazone groups is 1. The number of benzene rings is 4. The number of fused-ring (bicyclic) bond motifs is 1. The number of aromatic nitrogens is 3. The van der Waals surface area contributed by atoms with Crippen LogP contribution in [-0.2, 0) is 0 Å². The lowest BCUT2D eigenvalue weighted by Crippen LogP contribution is -2.11. The fourth-order valence-electron chi connectivity index (χ4n) is 4.15. The molecule has 6 rings (SSSR count). The summed E-state index contributed by atoms with van der Waals surface area (Å²) in [5.41, 5.74) is 5.61. The Morgan fingerprint density at radius 3 is 1.94 bits per heavy atom. The third-order valence-corrected chi connectivity index (χ3v) is 5.90. The molecule has 0 aliphatic carbocycles. The number of hydrogen-bond acceptors (Lipinski definition) is 4. The highest BCUT2D eigenvalue weighted by Gasteiger charge is 2.18. The summed E-state index contributed by atoms with van der Waals surface area (Å²) in [6.07, 6.45) is 1.85. The molecular weight excluding hydrogens is 442 g/mol. The standard InChI is InChI=1S/C31H23N5/c1-5-13-24(14-6-1)23-32-35(26-17-9-3-10-18-26)29-22-21-28-30(25-15-7-2-8-16-25)34-36(31(28)33-29)27-19-11-4-12-20-27/h1-23H/b32-23+. The highest BCUT2D eigenvalue weighted by Crippen LogP contribution is 2.32. The van der Waals surface area contributed by atoms with E-state index >= 15 is 0 Å². The van der Waals surface area contributed by atoms with Crippen molar-refractivity contribution in [3.05, 3.63) is 139 Å². The molecule has 0 bridgehead atoms. The van der Waals surface area contributed by atoms with Gasteiger partial charge in [0.25, 0.3) is 0 Å². The van der Waals surface area contributed by atoms with Gasteiger partial charge in [0.1, 0.15) is 5.69 Å². The van der Waals surface area contributed by atoms with Crippen molar-refractivity contribution in [3.8, 4) is 16.9 Å². The summed E-state index contributed by atoms with van der Waals surface area (Å²) in [6.45, 7) is 0. The lowest BCUT2D eigenvalue weighted by atomic mass is 10.1. The van der Waals surface area contributed by atoms with Gasteiger partial charge in [0.15, 0.2) is 11.5 Å². The van der Waals surface area contributed by atoms with Crippen LogP contribution in [0.5, 0.6) is 0 Å². The molecule has 0 atom stereocenters. The van der Waals surface area contributed by atoms with Gasteiger partial charge in [-0.05, 0) is 42.0 Å². The van der Waals surface area contributed by atoms with E-state index in [-0.39, 0.29) is 0 Å². The third-order valence-electron chi connectivity index (χ3n) is 5.90. The van der Waals surface area contributed by atoms with Crippen molar-refractivity contribution >= 4 is 28.8 Å². The Balaban J connectivity index is 1.53. The van der Waals surface area contributed by atoms with Crippen molar-refractivity contribution in [2.75, 3.05) is 5.01 Å². The highest BCUT2D eigenvalue weighted by atomic mass is 15.5. The van der Waals surface area contributed by atoms with E-state index in [1.165, 1.54) is 0 Å². The summed E-state index contributed by atoms with van der Waals surface area (Å²) in [4.78, 5) is 5.10. The van der Waals surface area contributed by atoms with Crippen molar-refractivity contribution in [2.24, 2.45) is 5.10 Å². The molecule has 0 amide bonds. The van der Waals surface area contributed by atoms with E-state index in [0.29, 0.717) is 5.82 Å². The normalized spacial score (nSPS) is 11.2. The molecule has 5 nitrogen and oxygen atoms in total. The maximum Gasteiger partial charge on any atom is 0.165 e. The van der Waals surface area contributed by atoms with Crippen LogP contribution in [0.1, 0.15) is 5.56 Å². The maximum absolute atomic E-state index is 5.10. The van der Waals surface area contributed by atoms with Crippen LogP contribution in [0.15, 0.2) is 139 Å². The van der Waals surface area contributed by atoms with Gasteiger partial charge in [-0.1, -0.05) is 97.1 Å². The van der Waals surface area contributed by atoms with E-state index in [0.717, 1.165) is 39.2 Å². The average Bonchev–Trinajstić information content (AvgIpc) is 3.34. The minimum atomic E-state index is 0.706. The second kappa shape index (κ2) is 9.68. The smallest absolute Gasteiger partial charge is 0.165 e. The van der Waals surface area contributed by atoms with Crippen molar-refractivity contribution in [1.29, 1.82) is 0 Å². The van der Waals surface area contributed by atoms with Gasteiger partial charge in [-0.2, -0.15) is 10.2 Å². The molecule has 36 heavy (non-hydrogen) atoms. The van der Waals surface area contributed by atoms with Crippen LogP contribution < -0.4 is 5.01 Å². The molecule has 0 spiro atoms. The second-order valence-corrected chi connectivity index (χ2v) is 8.31. The lowest BCUT2D eigenvalue weighted by Gasteiger charge is -2.18. The lowest BCUT2D eigenvalue weighted by molar-refractivity contribution is 0.898. The molecule has 0 radical (unpaired) electrons. The molecular formula is C31H23N5. The number of rotatable bonds is 6. The van der Waals surface area contributed by atoms with E-state index in [9.17, 15) is 0 Å². The van der Waals surface area contributed by atoms with Crippen LogP contribution in [0, 0.1) is 0 Å². The number of nitrogens with zero attached hydrogens (tertiary/aromatic N) is 5. The van der Waals surface area contributed by atoms with Crippen molar-refractivity contribution in [1.82, 2.24) is 14.8 Å². The summed E-state index contributed by atoms with van der Waals surface area (Å²) in [6, 6.07) is 44.5. The summed E-state index contributed by atoms with van der Waals surface area (Å²) < 4.78 is 1.91. The second-order valence-electron chi connectivity index (χ2n) is 8.31. The predicted molar refractivity (Wildman–Crippen MR) is 147 cm³/mol. The molecule has 0 saturated carbocycles. The first-order valence-corrected chi connectivity index (χ1v) is 11.8. The van der Waals surface area contributed by atoms with Gasteiger partial charge in [0.2, 0.25) is 0 Å². The molecule has 5 heteroatoms. The van der Waals surface area contributed by atoms with E-state index in [1.54, 1.807) is 0 Å². The summed E-state index contributed by atoms with van der Waals surface area (Å²) in [5, 5.41) is 12.7. The zero-order valence-electron chi connectivity index (χ0n) is 19.5. The minimum absolute atomic E-state index is 0.706. The predicted octanol–water partition coefficient (Wildman–Crippen LogP) is 7.26. The average molecular weight is 466 g/mol. The molecule has 0 aliphatic rings. The van der Waals surface area contributed by atoms with Crippen molar-refractivity contribution < 1.29 is 0 Å². The topological polar surface area (TPSA) is 46.3 Å². The Hall–Kier alpha value is -5.03. The third kappa shape index (κ3) is 4.26. The fraction of sp³-hybridized carbons (Fsp3) is 0. The minimum Gasteiger partial charge on any atom is -0.215 e. The van der Waals surface area contributed by atoms with Crippen LogP contribution in [0.2, 0.25) is 0 Å². The highest BCUT2D eigenvalue weighted by molar-refractivity contribution is 5.93. The SMILES string of the molecule is C(=N\N(c1ccccc1)c1ccc2c(-c3ccccc3)nn(-c3ccccc3)c2n1)/c1ccccc1. The Bertz CT molecular complexity index is 1610. The van der Waals surface area contributed by atoms with E-state index < -0.39 is 0 Å². The zero-order valence-corrected chi connectivity index (χ0v) is 19.5. The van der Waals surface area contributed by atoms with Gasteiger partial charge in [-0.3, -0.25) is 0 Å². The summed E-state index contributed by atoms with van der Waals surface area (Å²) >= 11 is 0. The number of para-hydroxylation sites is 2. The maximum atomic E-state index is 5.10. The largest absolute Gasteiger partial charge is 0.215 e. The first kappa shape index (κ1) is 21.5. The Kier molecular flexibility index (Phi) is 5.78. The number of hydrogen-bond donors (Lipinski definition) is 0. The zero-order chi connectivity index (χ0) is 24.2. The van der Waals surface area contributed by atoms with Gasteiger partial charge < -0.3 is 0 Å². The molecule has 0 unspecified atom stereocenters. The van der Waals surface area contributed by atoms with E-state index in [2.05, 4.69) is 18.2 Å². The molecule has 172 valence electrons. The summed E-state index contributed by atoms with van der Waals surface area (Å²) in [5.74, 6) is 0.706. The Labute approximate surface area is 209 Å². The van der Waals surface area contributed by atoms with E-state index in [4.69, 9.17) is 15.2 Å². The van der Waals surface area contributed by atoms with Crippen LogP contribution >= 0.6 is 0 Å². The van der Waals surface area contributed by atoms with Gasteiger partial charge in [-0.25, -0.2) is 14.7 Å². The van der Waals surface area contributed by atoms with Crippen LogP contribution in [0.25, 0.3) is 28.0 Å². The van der Waals surface area contributed by atoms with Crippen LogP contribution in [0.4, 0.5) is 11.5 Å². The van der Waals surface area contributed by atoms with E-state index in [1.807, 2.05) is 131 Å². The first-order chi connectivity index (χ1) is 17.9.